The van der Waals surface area contributed by atoms with Crippen LogP contribution in [-0.2, 0) is 0 Å². The molecule has 2 aromatic rings. The minimum Gasteiger partial charge on any atom is -0.443 e. The smallest absolute Gasteiger partial charge is 0.312 e. The quantitative estimate of drug-likeness (QED) is 0.474. The Morgan fingerprint density at radius 3 is 2.14 bits per heavy atom. The van der Waals surface area contributed by atoms with Gasteiger partial charge in [0.15, 0.2) is 0 Å². The van der Waals surface area contributed by atoms with E-state index in [1.54, 1.807) is 0 Å². The maximum absolute atomic E-state index is 11.0. The number of para-hydroxylation sites is 2. The van der Waals surface area contributed by atoms with Crippen molar-refractivity contribution < 1.29 is 19.4 Å². The average Bonchev–Trinajstić information content (AvgIpc) is 2.47. The molecule has 21 heavy (non-hydrogen) atoms. The topological polar surface area (TPSA) is 113 Å². The number of hydrogen-bond donors (Lipinski definition) is 0. The van der Waals surface area contributed by atoms with Crippen LogP contribution in [0.5, 0.6) is 11.5 Å². The number of carbonyl (C=O) groups is 1. The lowest BCUT2D eigenvalue weighted by atomic mass is 10.2. The number of aldehydes is 1. The highest BCUT2D eigenvalue weighted by Crippen LogP contribution is 2.36. The Bertz CT molecular complexity index is 728. The standard InChI is InChI=1S/C13H8N2O6/c16-8-9-5-6-13(11(7-9)15(19)20)21-12-4-2-1-3-10(12)14(17)18/h1-8H. The van der Waals surface area contributed by atoms with Gasteiger partial charge < -0.3 is 4.74 Å². The summed E-state index contributed by atoms with van der Waals surface area (Å²) in [4.78, 5) is 31.1. The Hall–Kier alpha value is -3.29. The zero-order valence-corrected chi connectivity index (χ0v) is 10.5. The van der Waals surface area contributed by atoms with Crippen LogP contribution in [0.3, 0.4) is 0 Å². The van der Waals surface area contributed by atoms with Crippen LogP contribution in [0.2, 0.25) is 0 Å². The third-order valence-corrected chi connectivity index (χ3v) is 2.60. The molecule has 0 aliphatic carbocycles. The van der Waals surface area contributed by atoms with Gasteiger partial charge in [0.05, 0.1) is 9.85 Å². The molecule has 106 valence electrons. The van der Waals surface area contributed by atoms with Crippen molar-refractivity contribution in [1.82, 2.24) is 0 Å². The maximum atomic E-state index is 11.0. The predicted octanol–water partition coefficient (Wildman–Crippen LogP) is 3.11. The van der Waals surface area contributed by atoms with E-state index in [0.717, 1.165) is 6.07 Å². The fourth-order valence-corrected chi connectivity index (χ4v) is 1.65. The van der Waals surface area contributed by atoms with Gasteiger partial charge in [-0.25, -0.2) is 0 Å². The summed E-state index contributed by atoms with van der Waals surface area (Å²) in [6, 6.07) is 9.10. The lowest BCUT2D eigenvalue weighted by Gasteiger charge is -2.06. The fourth-order valence-electron chi connectivity index (χ4n) is 1.65. The number of hydrogen-bond acceptors (Lipinski definition) is 6. The average molecular weight is 288 g/mol. The van der Waals surface area contributed by atoms with Gasteiger partial charge in [-0.05, 0) is 18.2 Å². The first-order valence-electron chi connectivity index (χ1n) is 5.68. The molecule has 0 unspecified atom stereocenters. The predicted molar refractivity (Wildman–Crippen MR) is 71.7 cm³/mol. The molecule has 8 nitrogen and oxygen atoms in total. The van der Waals surface area contributed by atoms with E-state index >= 15 is 0 Å². The molecule has 0 bridgehead atoms. The third kappa shape index (κ3) is 3.00. The molecule has 0 N–H and O–H groups in total. The largest absolute Gasteiger partial charge is 0.443 e. The van der Waals surface area contributed by atoms with Crippen LogP contribution in [0, 0.1) is 20.2 Å². The number of rotatable bonds is 5. The first-order valence-corrected chi connectivity index (χ1v) is 5.68. The zero-order valence-electron chi connectivity index (χ0n) is 10.5. The number of carbonyl (C=O) groups excluding carboxylic acids is 1. The molecule has 0 radical (unpaired) electrons. The molecule has 0 saturated heterocycles. The van der Waals surface area contributed by atoms with Gasteiger partial charge >= 0.3 is 11.4 Å². The molecule has 0 spiro atoms. The lowest BCUT2D eigenvalue weighted by molar-refractivity contribution is -0.387. The van der Waals surface area contributed by atoms with Gasteiger partial charge in [-0.3, -0.25) is 25.0 Å². The molecule has 8 heteroatoms. The van der Waals surface area contributed by atoms with Gasteiger partial charge in [0.25, 0.3) is 0 Å². The van der Waals surface area contributed by atoms with Gasteiger partial charge in [-0.2, -0.15) is 0 Å². The summed E-state index contributed by atoms with van der Waals surface area (Å²) in [6.07, 6.45) is 0.460. The first kappa shape index (κ1) is 14.1. The van der Waals surface area contributed by atoms with Crippen LogP contribution in [0.1, 0.15) is 10.4 Å². The Kier molecular flexibility index (Phi) is 3.89. The molecule has 0 fully saturated rings. The van der Waals surface area contributed by atoms with E-state index < -0.39 is 15.5 Å². The molecular weight excluding hydrogens is 280 g/mol. The summed E-state index contributed by atoms with van der Waals surface area (Å²) in [7, 11) is 0. The van der Waals surface area contributed by atoms with Crippen molar-refractivity contribution in [3.8, 4) is 11.5 Å². The second-order valence-electron chi connectivity index (χ2n) is 3.93. The van der Waals surface area contributed by atoms with Crippen LogP contribution in [0.15, 0.2) is 42.5 Å². The number of nitrogens with zero attached hydrogens (tertiary/aromatic N) is 2. The maximum Gasteiger partial charge on any atom is 0.312 e. The van der Waals surface area contributed by atoms with Crippen molar-refractivity contribution in [3.05, 3.63) is 68.3 Å². The highest BCUT2D eigenvalue weighted by Gasteiger charge is 2.20. The fraction of sp³-hybridized carbons (Fsp3) is 0. The molecule has 0 amide bonds. The van der Waals surface area contributed by atoms with E-state index in [4.69, 9.17) is 4.74 Å². The summed E-state index contributed by atoms with van der Waals surface area (Å²) in [5.74, 6) is -0.302. The highest BCUT2D eigenvalue weighted by atomic mass is 16.6. The molecule has 0 aliphatic rings. The first-order chi connectivity index (χ1) is 10.0. The van der Waals surface area contributed by atoms with Crippen molar-refractivity contribution in [2.75, 3.05) is 0 Å². The van der Waals surface area contributed by atoms with E-state index in [-0.39, 0.29) is 22.7 Å². The Labute approximate surface area is 117 Å². The molecule has 0 aliphatic heterocycles. The van der Waals surface area contributed by atoms with E-state index in [0.29, 0.717) is 6.29 Å². The van der Waals surface area contributed by atoms with Gasteiger partial charge in [0, 0.05) is 17.7 Å². The number of nitro groups is 2. The van der Waals surface area contributed by atoms with Crippen molar-refractivity contribution in [2.24, 2.45) is 0 Å². The van der Waals surface area contributed by atoms with Crippen LogP contribution in [0.4, 0.5) is 11.4 Å². The SMILES string of the molecule is O=Cc1ccc(Oc2ccccc2[N+](=O)[O-])c([N+](=O)[O-])c1. The number of nitro benzene ring substituents is 2. The van der Waals surface area contributed by atoms with Crippen LogP contribution >= 0.6 is 0 Å². The van der Waals surface area contributed by atoms with Gasteiger partial charge in [-0.1, -0.05) is 12.1 Å². The molecular formula is C13H8N2O6. The van der Waals surface area contributed by atoms with E-state index in [1.165, 1.54) is 36.4 Å². The molecule has 0 aromatic heterocycles. The van der Waals surface area contributed by atoms with Crippen molar-refractivity contribution in [1.29, 1.82) is 0 Å². The van der Waals surface area contributed by atoms with E-state index in [9.17, 15) is 25.0 Å². The second-order valence-corrected chi connectivity index (χ2v) is 3.93. The van der Waals surface area contributed by atoms with Crippen LogP contribution in [-0.4, -0.2) is 16.1 Å². The van der Waals surface area contributed by atoms with Crippen molar-refractivity contribution in [3.63, 3.8) is 0 Å². The highest BCUT2D eigenvalue weighted by molar-refractivity contribution is 5.77. The Morgan fingerprint density at radius 2 is 1.52 bits per heavy atom. The minimum absolute atomic E-state index is 0.108. The number of ether oxygens (including phenoxy) is 1. The van der Waals surface area contributed by atoms with Crippen molar-refractivity contribution in [2.45, 2.75) is 0 Å². The van der Waals surface area contributed by atoms with Crippen LogP contribution < -0.4 is 4.74 Å². The summed E-state index contributed by atoms with van der Waals surface area (Å²) >= 11 is 0. The summed E-state index contributed by atoms with van der Waals surface area (Å²) in [6.45, 7) is 0. The summed E-state index contributed by atoms with van der Waals surface area (Å²) in [5, 5.41) is 21.9. The molecule has 2 rings (SSSR count). The summed E-state index contributed by atoms with van der Waals surface area (Å²) in [5.41, 5.74) is -0.652. The molecule has 0 atom stereocenters. The minimum atomic E-state index is -0.725. The third-order valence-electron chi connectivity index (χ3n) is 2.60. The second kappa shape index (κ2) is 5.78. The summed E-state index contributed by atoms with van der Waals surface area (Å²) < 4.78 is 5.26. The van der Waals surface area contributed by atoms with Crippen molar-refractivity contribution >= 4 is 17.7 Å². The van der Waals surface area contributed by atoms with E-state index in [1.807, 2.05) is 0 Å². The monoisotopic (exact) mass is 288 g/mol. The van der Waals surface area contributed by atoms with Gasteiger partial charge in [-0.15, -0.1) is 0 Å². The van der Waals surface area contributed by atoms with E-state index in [2.05, 4.69) is 0 Å². The molecule has 2 aromatic carbocycles. The normalized spacial score (nSPS) is 9.90. The Morgan fingerprint density at radius 1 is 0.905 bits per heavy atom. The lowest BCUT2D eigenvalue weighted by Crippen LogP contribution is -1.97. The zero-order chi connectivity index (χ0) is 15.4. The van der Waals surface area contributed by atoms with Gasteiger partial charge in [0.2, 0.25) is 11.5 Å². The number of benzene rings is 2. The Balaban J connectivity index is 2.47. The van der Waals surface area contributed by atoms with Crippen LogP contribution in [0.25, 0.3) is 0 Å². The molecule has 0 saturated carbocycles. The van der Waals surface area contributed by atoms with Gasteiger partial charge in [0.1, 0.15) is 6.29 Å². The molecule has 0 heterocycles.